The van der Waals surface area contributed by atoms with Crippen LogP contribution in [0.1, 0.15) is 87.8 Å². The Bertz CT molecular complexity index is 3020. The summed E-state index contributed by atoms with van der Waals surface area (Å²) in [6.45, 7) is 9.80. The number of aromatic nitrogens is 5. The molecule has 0 radical (unpaired) electrons. The molecular weight excluding hydrogens is 1010 g/mol. The molecule has 2 bridgehead atoms. The molecule has 78 heavy (non-hydrogen) atoms. The van der Waals surface area contributed by atoms with E-state index in [0.717, 1.165) is 92.2 Å². The number of fused-ring (bicyclic) bond motifs is 2. The van der Waals surface area contributed by atoms with E-state index in [0.29, 0.717) is 47.4 Å². The van der Waals surface area contributed by atoms with Crippen LogP contribution in [0.4, 0.5) is 17.2 Å². The van der Waals surface area contributed by atoms with Crippen molar-refractivity contribution >= 4 is 40.3 Å². The zero-order valence-electron chi connectivity index (χ0n) is 44.3. The Morgan fingerprint density at radius 3 is 2.38 bits per heavy atom. The van der Waals surface area contributed by atoms with Crippen molar-refractivity contribution in [1.82, 2.24) is 40.4 Å². The molecule has 1 saturated carbocycles. The van der Waals surface area contributed by atoms with Gasteiger partial charge in [0.05, 0.1) is 58.4 Å². The average molecular weight is 1080 g/mol. The number of anilines is 3. The van der Waals surface area contributed by atoms with Crippen LogP contribution < -0.4 is 30.3 Å². The third-order valence-corrected chi connectivity index (χ3v) is 17.1. The number of hydrogen-bond acceptors (Lipinski definition) is 19. The smallest absolute Gasteiger partial charge is 0.254 e. The first-order chi connectivity index (χ1) is 37.8. The number of carbonyl (C=O) groups is 2. The van der Waals surface area contributed by atoms with E-state index in [4.69, 9.17) is 24.5 Å². The lowest BCUT2D eigenvalue weighted by Crippen LogP contribution is -2.54. The Kier molecular flexibility index (Phi) is 15.8. The fourth-order valence-corrected chi connectivity index (χ4v) is 12.8. The van der Waals surface area contributed by atoms with E-state index in [9.17, 15) is 24.9 Å². The number of amides is 2. The highest BCUT2D eigenvalue weighted by Gasteiger charge is 2.45. The number of ether oxygens (including phenoxy) is 3. The van der Waals surface area contributed by atoms with Crippen molar-refractivity contribution in [2.24, 2.45) is 5.92 Å². The highest BCUT2D eigenvalue weighted by atomic mass is 32.1. The van der Waals surface area contributed by atoms with Crippen molar-refractivity contribution in [3.63, 3.8) is 0 Å². The number of nitrogens with zero attached hydrogens (tertiary/aromatic N) is 9. The van der Waals surface area contributed by atoms with Crippen LogP contribution in [0, 0.1) is 12.8 Å². The molecule has 11 rings (SSSR count). The number of phenolic OH excluding ortho intramolecular Hbond substituents is 1. The van der Waals surface area contributed by atoms with Gasteiger partial charge in [-0.15, -0.1) is 21.5 Å². The number of aliphatic hydroxyl groups is 2. The van der Waals surface area contributed by atoms with Gasteiger partial charge in [-0.25, -0.2) is 9.97 Å². The molecule has 5 aliphatic rings. The molecule has 4 aromatic heterocycles. The van der Waals surface area contributed by atoms with Gasteiger partial charge in [-0.1, -0.05) is 50.2 Å². The summed E-state index contributed by atoms with van der Waals surface area (Å²) < 4.78 is 24.7. The van der Waals surface area contributed by atoms with Crippen molar-refractivity contribution in [2.45, 2.75) is 120 Å². The van der Waals surface area contributed by atoms with Crippen LogP contribution in [0.25, 0.3) is 21.7 Å². The second-order valence-corrected chi connectivity index (χ2v) is 22.6. The number of carbonyl (C=O) groups excluding carboxylic acids is 2. The molecule has 412 valence electrons. The van der Waals surface area contributed by atoms with E-state index in [-0.39, 0.29) is 73.4 Å². The maximum absolute atomic E-state index is 14.3. The number of pyridine rings is 1. The molecule has 6 atom stereocenters. The van der Waals surface area contributed by atoms with Crippen LogP contribution in [-0.2, 0) is 14.3 Å². The number of thiazole rings is 1. The van der Waals surface area contributed by atoms with E-state index in [2.05, 4.69) is 57.5 Å². The van der Waals surface area contributed by atoms with E-state index in [1.54, 1.807) is 35.0 Å². The Hall–Kier alpha value is -6.91. The molecule has 6 aromatic rings. The number of likely N-dealkylation sites (tertiary alicyclic amines) is 2. The van der Waals surface area contributed by atoms with Crippen LogP contribution in [0.2, 0.25) is 0 Å². The monoisotopic (exact) mass is 1080 g/mol. The molecule has 5 fully saturated rings. The van der Waals surface area contributed by atoms with Gasteiger partial charge in [0.2, 0.25) is 17.7 Å². The summed E-state index contributed by atoms with van der Waals surface area (Å²) in [5, 5.41) is 47.1. The Morgan fingerprint density at radius 2 is 1.67 bits per heavy atom. The number of hydrogen-bond donors (Lipinski definition) is 5. The third-order valence-electron chi connectivity index (χ3n) is 16.2. The molecule has 2 aromatic carbocycles. The highest BCUT2D eigenvalue weighted by molar-refractivity contribution is 7.13. The summed E-state index contributed by atoms with van der Waals surface area (Å²) in [5.74, 6) is -0.0271. The predicted molar refractivity (Wildman–Crippen MR) is 293 cm³/mol. The molecular formula is C57H69N11O9S. The lowest BCUT2D eigenvalue weighted by Gasteiger charge is -2.43. The topological polar surface area (TPSA) is 251 Å². The van der Waals surface area contributed by atoms with Crippen molar-refractivity contribution in [1.29, 1.82) is 0 Å². The standard InChI is InChI=1S/C57H69N11O9S/c1-33(2)53(57(73)67-30-40(70)23-48(67)56(72)61-46(31-69)35-8-10-36(11-9-35)54-34(3)60-32-78-54)50-27-52(64-77-50)74-21-20-65-18-15-41(16-19-65)75-42-24-43(25-42)76-51-22-37(14-17-59-51)68-38-12-13-39(68)29-66(28-38)47-26-45(62-63-55(47)58)44-6-4-5-7-49(44)71/h4-11,14,17,22,26-27,32-33,38-43,46,48,53,69-71H,12-13,15-16,18-21,23-25,28-31H2,1-3H3,(H2,58,63)(H,61,72)/t38?,39?,40-,42-,43-,46+,48+,53?/m1/s1. The second-order valence-electron chi connectivity index (χ2n) is 21.7. The molecule has 6 N–H and O–H groups in total. The number of aryl methyl sites for hydroxylation is 1. The first-order valence-electron chi connectivity index (χ1n) is 27.3. The van der Waals surface area contributed by atoms with Gasteiger partial charge in [-0.05, 0) is 79.1 Å². The second kappa shape index (κ2) is 23.2. The van der Waals surface area contributed by atoms with Crippen LogP contribution in [0.3, 0.4) is 0 Å². The number of β-amino-alcohol motifs (C(OH)–C–C–N with tert-alkyl or cyclic N) is 1. The van der Waals surface area contributed by atoms with Gasteiger partial charge in [-0.3, -0.25) is 14.5 Å². The van der Waals surface area contributed by atoms with Crippen molar-refractivity contribution < 1.29 is 43.6 Å². The van der Waals surface area contributed by atoms with Crippen LogP contribution in [0.5, 0.6) is 17.5 Å². The summed E-state index contributed by atoms with van der Waals surface area (Å²) in [5.41, 5.74) is 14.0. The SMILES string of the molecule is Cc1ncsc1-c1ccc([C@H](CO)NC(=O)[C@@H]2C[C@@H](O)CN2C(=O)C(c2cc(OCCN3CCC(O[C@H]4C[C@H](Oc5cc(N6C7CCC6CN(c6cc(-c8ccccc8O)nnc6N)C7)ccn5)C4)CC3)no2)C(C)C)cc1. The number of nitrogens with one attached hydrogen (secondary N) is 1. The first-order valence-corrected chi connectivity index (χ1v) is 28.2. The molecule has 4 aliphatic heterocycles. The Balaban J connectivity index is 0.604. The number of piperazine rings is 1. The number of nitrogens with two attached hydrogens (primary N) is 1. The van der Waals surface area contributed by atoms with Gasteiger partial charge in [-0.2, -0.15) is 0 Å². The number of benzene rings is 2. The Morgan fingerprint density at radius 1 is 0.897 bits per heavy atom. The number of aromatic hydroxyl groups is 1. The zero-order chi connectivity index (χ0) is 54.0. The molecule has 1 aliphatic carbocycles. The first kappa shape index (κ1) is 53.1. The quantitative estimate of drug-likeness (QED) is 0.0612. The number of phenols is 1. The fraction of sp³-hybridized carbons (Fsp3) is 0.491. The maximum Gasteiger partial charge on any atom is 0.254 e. The van der Waals surface area contributed by atoms with E-state index in [1.807, 2.05) is 69.4 Å². The van der Waals surface area contributed by atoms with Crippen LogP contribution in [0.15, 0.2) is 89.0 Å². The molecule has 0 spiro atoms. The summed E-state index contributed by atoms with van der Waals surface area (Å²) >= 11 is 1.55. The maximum atomic E-state index is 14.3. The van der Waals surface area contributed by atoms with Crippen LogP contribution >= 0.6 is 11.3 Å². The van der Waals surface area contributed by atoms with E-state index in [1.165, 1.54) is 4.90 Å². The van der Waals surface area contributed by atoms with Crippen LogP contribution in [-0.4, -0.2) is 157 Å². The number of para-hydroxylation sites is 1. The van der Waals surface area contributed by atoms with Gasteiger partial charge in [0.1, 0.15) is 30.4 Å². The normalized spacial score (nSPS) is 23.3. The number of aliphatic hydroxyl groups excluding tert-OH is 2. The minimum absolute atomic E-state index is 0.00727. The summed E-state index contributed by atoms with van der Waals surface area (Å²) in [6, 6.07) is 21.4. The third kappa shape index (κ3) is 11.5. The van der Waals surface area contributed by atoms with Crippen molar-refractivity contribution in [3.8, 4) is 39.2 Å². The van der Waals surface area contributed by atoms with Gasteiger partial charge in [0.25, 0.3) is 5.88 Å². The summed E-state index contributed by atoms with van der Waals surface area (Å²) in [6.07, 6.45) is 7.00. The average Bonchev–Trinajstić information content (AvgIpc) is 4.26. The highest BCUT2D eigenvalue weighted by Crippen LogP contribution is 2.41. The summed E-state index contributed by atoms with van der Waals surface area (Å²) in [4.78, 5) is 46.6. The van der Waals surface area contributed by atoms with Crippen molar-refractivity contribution in [3.05, 3.63) is 102 Å². The van der Waals surface area contributed by atoms with Gasteiger partial charge in [0, 0.05) is 100 Å². The molecule has 20 nitrogen and oxygen atoms in total. The number of nitrogen functional groups attached to an aromatic ring is 1. The van der Waals surface area contributed by atoms with E-state index >= 15 is 0 Å². The number of rotatable bonds is 19. The Labute approximate surface area is 457 Å². The minimum Gasteiger partial charge on any atom is -0.507 e. The molecule has 4 saturated heterocycles. The molecule has 21 heteroatoms. The van der Waals surface area contributed by atoms with E-state index < -0.39 is 30.0 Å². The lowest BCUT2D eigenvalue weighted by atomic mass is 9.91. The zero-order valence-corrected chi connectivity index (χ0v) is 45.1. The van der Waals surface area contributed by atoms with Crippen molar-refractivity contribution in [2.75, 3.05) is 68.0 Å². The lowest BCUT2D eigenvalue weighted by molar-refractivity contribution is -0.141. The van der Waals surface area contributed by atoms with Gasteiger partial charge >= 0.3 is 0 Å². The molecule has 8 heterocycles. The fourth-order valence-electron chi connectivity index (χ4n) is 12.0. The largest absolute Gasteiger partial charge is 0.507 e. The number of piperidine rings is 1. The molecule has 3 unspecified atom stereocenters. The summed E-state index contributed by atoms with van der Waals surface area (Å²) in [7, 11) is 0. The van der Waals surface area contributed by atoms with Gasteiger partial charge in [0.15, 0.2) is 11.6 Å². The predicted octanol–water partition coefficient (Wildman–Crippen LogP) is 6.12. The van der Waals surface area contributed by atoms with Gasteiger partial charge < -0.3 is 59.8 Å². The minimum atomic E-state index is -0.939. The molecule has 2 amide bonds.